The zero-order valence-corrected chi connectivity index (χ0v) is 7.99. The summed E-state index contributed by atoms with van der Waals surface area (Å²) in [5.74, 6) is 0.889. The number of pyridine rings is 1. The van der Waals surface area contributed by atoms with E-state index in [1.807, 2.05) is 19.1 Å². The van der Waals surface area contributed by atoms with Gasteiger partial charge in [0.1, 0.15) is 5.82 Å². The lowest BCUT2D eigenvalue weighted by Gasteiger charge is -2.03. The van der Waals surface area contributed by atoms with Gasteiger partial charge >= 0.3 is 0 Å². The van der Waals surface area contributed by atoms with E-state index in [4.69, 9.17) is 0 Å². The van der Waals surface area contributed by atoms with Crippen molar-refractivity contribution in [2.75, 3.05) is 5.32 Å². The molecule has 0 saturated heterocycles. The molecule has 0 atom stereocenters. The van der Waals surface area contributed by atoms with Crippen molar-refractivity contribution >= 4 is 5.82 Å². The topological polar surface area (TPSA) is 53.6 Å². The van der Waals surface area contributed by atoms with E-state index in [1.165, 1.54) is 5.56 Å². The van der Waals surface area contributed by atoms with Crippen LogP contribution in [0.2, 0.25) is 0 Å². The SMILES string of the molecule is Cc1ccnc(NCc2cnc[nH]2)c1. The van der Waals surface area contributed by atoms with E-state index in [1.54, 1.807) is 18.7 Å². The average molecular weight is 188 g/mol. The summed E-state index contributed by atoms with van der Waals surface area (Å²) in [5, 5.41) is 3.21. The smallest absolute Gasteiger partial charge is 0.126 e. The van der Waals surface area contributed by atoms with Gasteiger partial charge in [-0.05, 0) is 24.6 Å². The van der Waals surface area contributed by atoms with Crippen molar-refractivity contribution in [3.63, 3.8) is 0 Å². The molecule has 4 heteroatoms. The van der Waals surface area contributed by atoms with Crippen LogP contribution in [0.1, 0.15) is 11.3 Å². The van der Waals surface area contributed by atoms with Crippen LogP contribution in [0.5, 0.6) is 0 Å². The Kier molecular flexibility index (Phi) is 2.44. The molecule has 0 aromatic carbocycles. The third-order valence-corrected chi connectivity index (χ3v) is 1.93. The standard InChI is InChI=1S/C10H12N4/c1-8-2-3-12-10(4-8)13-6-9-5-11-7-14-9/h2-5,7H,6H2,1H3,(H,11,14)(H,12,13). The van der Waals surface area contributed by atoms with Gasteiger partial charge in [0.15, 0.2) is 0 Å². The minimum atomic E-state index is 0.719. The number of hydrogen-bond donors (Lipinski definition) is 2. The van der Waals surface area contributed by atoms with Gasteiger partial charge in [-0.3, -0.25) is 0 Å². The van der Waals surface area contributed by atoms with Crippen molar-refractivity contribution in [3.05, 3.63) is 42.1 Å². The minimum absolute atomic E-state index is 0.719. The van der Waals surface area contributed by atoms with Crippen LogP contribution < -0.4 is 5.32 Å². The van der Waals surface area contributed by atoms with Crippen LogP contribution in [0, 0.1) is 6.92 Å². The summed E-state index contributed by atoms with van der Waals surface area (Å²) in [5.41, 5.74) is 2.25. The molecule has 2 N–H and O–H groups in total. The van der Waals surface area contributed by atoms with E-state index < -0.39 is 0 Å². The number of imidazole rings is 1. The monoisotopic (exact) mass is 188 g/mol. The van der Waals surface area contributed by atoms with Gasteiger partial charge in [-0.25, -0.2) is 9.97 Å². The highest BCUT2D eigenvalue weighted by Gasteiger charge is 1.95. The minimum Gasteiger partial charge on any atom is -0.364 e. The van der Waals surface area contributed by atoms with Crippen molar-refractivity contribution in [2.24, 2.45) is 0 Å². The lowest BCUT2D eigenvalue weighted by Crippen LogP contribution is -2.01. The first-order valence-electron chi connectivity index (χ1n) is 4.48. The number of H-pyrrole nitrogens is 1. The van der Waals surface area contributed by atoms with Crippen LogP contribution in [-0.2, 0) is 6.54 Å². The molecule has 14 heavy (non-hydrogen) atoms. The molecular weight excluding hydrogens is 176 g/mol. The van der Waals surface area contributed by atoms with E-state index >= 15 is 0 Å². The molecular formula is C10H12N4. The molecule has 0 saturated carbocycles. The Hall–Kier alpha value is -1.84. The van der Waals surface area contributed by atoms with Crippen LogP contribution in [0.4, 0.5) is 5.82 Å². The predicted molar refractivity (Wildman–Crippen MR) is 54.9 cm³/mol. The quantitative estimate of drug-likeness (QED) is 0.771. The van der Waals surface area contributed by atoms with Crippen LogP contribution in [0.25, 0.3) is 0 Å². The molecule has 0 aliphatic carbocycles. The van der Waals surface area contributed by atoms with E-state index in [2.05, 4.69) is 20.3 Å². The van der Waals surface area contributed by atoms with Gasteiger partial charge in [-0.15, -0.1) is 0 Å². The number of rotatable bonds is 3. The molecule has 72 valence electrons. The Balaban J connectivity index is 1.98. The lowest BCUT2D eigenvalue weighted by atomic mass is 10.3. The zero-order chi connectivity index (χ0) is 9.80. The normalized spacial score (nSPS) is 10.1. The number of nitrogens with zero attached hydrogens (tertiary/aromatic N) is 2. The number of aryl methyl sites for hydroxylation is 1. The molecule has 2 aromatic heterocycles. The Morgan fingerprint density at radius 1 is 1.50 bits per heavy atom. The number of aromatic amines is 1. The first kappa shape index (κ1) is 8.74. The summed E-state index contributed by atoms with van der Waals surface area (Å²) in [4.78, 5) is 11.2. The molecule has 2 aromatic rings. The number of hydrogen-bond acceptors (Lipinski definition) is 3. The van der Waals surface area contributed by atoms with Crippen LogP contribution in [0.3, 0.4) is 0 Å². The Morgan fingerprint density at radius 2 is 2.43 bits per heavy atom. The maximum absolute atomic E-state index is 4.19. The van der Waals surface area contributed by atoms with Crippen molar-refractivity contribution in [3.8, 4) is 0 Å². The fourth-order valence-corrected chi connectivity index (χ4v) is 1.20. The van der Waals surface area contributed by atoms with Gasteiger partial charge in [0.2, 0.25) is 0 Å². The molecule has 0 unspecified atom stereocenters. The molecule has 4 nitrogen and oxygen atoms in total. The van der Waals surface area contributed by atoms with Gasteiger partial charge in [0.05, 0.1) is 18.6 Å². The fourth-order valence-electron chi connectivity index (χ4n) is 1.20. The molecule has 0 bridgehead atoms. The van der Waals surface area contributed by atoms with Gasteiger partial charge in [0, 0.05) is 12.4 Å². The highest BCUT2D eigenvalue weighted by Crippen LogP contribution is 2.06. The van der Waals surface area contributed by atoms with Crippen molar-refractivity contribution < 1.29 is 0 Å². The van der Waals surface area contributed by atoms with Crippen LogP contribution in [-0.4, -0.2) is 15.0 Å². The van der Waals surface area contributed by atoms with E-state index in [9.17, 15) is 0 Å². The number of anilines is 1. The summed E-state index contributed by atoms with van der Waals surface area (Å²) >= 11 is 0. The molecule has 0 amide bonds. The van der Waals surface area contributed by atoms with Crippen molar-refractivity contribution in [1.29, 1.82) is 0 Å². The van der Waals surface area contributed by atoms with Gasteiger partial charge in [0.25, 0.3) is 0 Å². The summed E-state index contributed by atoms with van der Waals surface area (Å²) in [6, 6.07) is 3.98. The predicted octanol–water partition coefficient (Wildman–Crippen LogP) is 1.73. The van der Waals surface area contributed by atoms with Gasteiger partial charge in [-0.1, -0.05) is 0 Å². The van der Waals surface area contributed by atoms with E-state index in [-0.39, 0.29) is 0 Å². The van der Waals surface area contributed by atoms with Crippen LogP contribution in [0.15, 0.2) is 30.9 Å². The first-order chi connectivity index (χ1) is 6.84. The average Bonchev–Trinajstić information content (AvgIpc) is 2.67. The summed E-state index contributed by atoms with van der Waals surface area (Å²) in [6.07, 6.45) is 5.26. The Bertz CT molecular complexity index is 394. The van der Waals surface area contributed by atoms with E-state index in [0.29, 0.717) is 0 Å². The fraction of sp³-hybridized carbons (Fsp3) is 0.200. The van der Waals surface area contributed by atoms with Gasteiger partial charge in [-0.2, -0.15) is 0 Å². The second kappa shape index (κ2) is 3.91. The highest BCUT2D eigenvalue weighted by atomic mass is 15.0. The second-order valence-electron chi connectivity index (χ2n) is 3.15. The Labute approximate surface area is 82.4 Å². The molecule has 2 heterocycles. The molecule has 0 radical (unpaired) electrons. The van der Waals surface area contributed by atoms with E-state index in [0.717, 1.165) is 18.1 Å². The number of aromatic nitrogens is 3. The highest BCUT2D eigenvalue weighted by molar-refractivity contribution is 5.37. The lowest BCUT2D eigenvalue weighted by molar-refractivity contribution is 1.05. The van der Waals surface area contributed by atoms with Crippen molar-refractivity contribution in [2.45, 2.75) is 13.5 Å². The molecule has 2 rings (SSSR count). The molecule has 0 fully saturated rings. The maximum Gasteiger partial charge on any atom is 0.126 e. The molecule has 0 spiro atoms. The van der Waals surface area contributed by atoms with Crippen molar-refractivity contribution in [1.82, 2.24) is 15.0 Å². The zero-order valence-electron chi connectivity index (χ0n) is 7.99. The maximum atomic E-state index is 4.19. The van der Waals surface area contributed by atoms with Gasteiger partial charge < -0.3 is 10.3 Å². The molecule has 0 aliphatic heterocycles. The van der Waals surface area contributed by atoms with Crippen LogP contribution >= 0.6 is 0 Å². The number of nitrogens with one attached hydrogen (secondary N) is 2. The third kappa shape index (κ3) is 2.10. The summed E-state index contributed by atoms with van der Waals surface area (Å²) in [7, 11) is 0. The first-order valence-corrected chi connectivity index (χ1v) is 4.48. The Morgan fingerprint density at radius 3 is 3.14 bits per heavy atom. The largest absolute Gasteiger partial charge is 0.364 e. The molecule has 0 aliphatic rings. The second-order valence-corrected chi connectivity index (χ2v) is 3.15. The summed E-state index contributed by atoms with van der Waals surface area (Å²) in [6.45, 7) is 2.76. The third-order valence-electron chi connectivity index (χ3n) is 1.93. The summed E-state index contributed by atoms with van der Waals surface area (Å²) < 4.78 is 0.